The zero-order valence-electron chi connectivity index (χ0n) is 13.6. The maximum absolute atomic E-state index is 12.8. The minimum absolute atomic E-state index is 0.582. The lowest BCUT2D eigenvalue weighted by atomic mass is 9.48. The maximum atomic E-state index is 12.8. The van der Waals surface area contributed by atoms with Gasteiger partial charge in [0.25, 0.3) is 0 Å². The average molecular weight is 320 g/mol. The third kappa shape index (κ3) is 1.39. The second-order valence-corrected chi connectivity index (χ2v) is 6.91. The van der Waals surface area contributed by atoms with Crippen LogP contribution in [-0.2, 0) is 9.53 Å². The molecule has 1 aromatic carbocycles. The van der Waals surface area contributed by atoms with Crippen molar-refractivity contribution in [1.29, 1.82) is 15.8 Å². The molecule has 3 rings (SSSR count). The lowest BCUT2D eigenvalue weighted by molar-refractivity contribution is -0.240. The minimum Gasteiger partial charge on any atom is -0.345 e. The zero-order chi connectivity index (χ0) is 17.8. The molecule has 24 heavy (non-hydrogen) atoms. The SMILES string of the molecule is CC12NC(=O)C(C#N)(C(C#N)(C#N)C(c3ccccc3)O1)C2(C)C. The summed E-state index contributed by atoms with van der Waals surface area (Å²) in [6.45, 7) is 5.04. The molecular formula is C18H16N4O2. The summed E-state index contributed by atoms with van der Waals surface area (Å²) in [5.41, 5.74) is -5.48. The Morgan fingerprint density at radius 1 is 1.04 bits per heavy atom. The summed E-state index contributed by atoms with van der Waals surface area (Å²) in [5, 5.41) is 32.6. The Bertz CT molecular complexity index is 829. The first kappa shape index (κ1) is 16.0. The van der Waals surface area contributed by atoms with E-state index in [1.165, 1.54) is 0 Å². The van der Waals surface area contributed by atoms with Crippen LogP contribution in [0.2, 0.25) is 0 Å². The zero-order valence-corrected chi connectivity index (χ0v) is 13.6. The molecule has 3 atom stereocenters. The topological polar surface area (TPSA) is 110 Å². The van der Waals surface area contributed by atoms with Gasteiger partial charge in [-0.25, -0.2) is 0 Å². The number of carbonyl (C=O) groups is 1. The van der Waals surface area contributed by atoms with Crippen molar-refractivity contribution in [1.82, 2.24) is 5.32 Å². The highest BCUT2D eigenvalue weighted by Gasteiger charge is 2.82. The van der Waals surface area contributed by atoms with Crippen molar-refractivity contribution in [2.75, 3.05) is 0 Å². The highest BCUT2D eigenvalue weighted by molar-refractivity contribution is 5.93. The van der Waals surface area contributed by atoms with Gasteiger partial charge in [-0.3, -0.25) is 4.79 Å². The minimum atomic E-state index is -1.97. The largest absolute Gasteiger partial charge is 0.345 e. The van der Waals surface area contributed by atoms with E-state index in [1.807, 2.05) is 18.2 Å². The molecule has 0 aliphatic carbocycles. The van der Waals surface area contributed by atoms with Crippen molar-refractivity contribution in [3.05, 3.63) is 35.9 Å². The van der Waals surface area contributed by atoms with Crippen molar-refractivity contribution in [2.45, 2.75) is 32.6 Å². The van der Waals surface area contributed by atoms with E-state index in [9.17, 15) is 20.6 Å². The van der Waals surface area contributed by atoms with Gasteiger partial charge in [0, 0.05) is 5.41 Å². The monoisotopic (exact) mass is 320 g/mol. The second-order valence-electron chi connectivity index (χ2n) is 6.91. The number of hydrogen-bond acceptors (Lipinski definition) is 5. The van der Waals surface area contributed by atoms with Crippen LogP contribution in [0.15, 0.2) is 30.3 Å². The number of rotatable bonds is 1. The van der Waals surface area contributed by atoms with Crippen molar-refractivity contribution in [3.63, 3.8) is 0 Å². The smallest absolute Gasteiger partial charge is 0.246 e. The Balaban J connectivity index is 2.39. The van der Waals surface area contributed by atoms with E-state index in [0.717, 1.165) is 0 Å². The molecule has 120 valence electrons. The molecule has 6 nitrogen and oxygen atoms in total. The predicted octanol–water partition coefficient (Wildman–Crippen LogP) is 2.17. The highest BCUT2D eigenvalue weighted by Crippen LogP contribution is 2.69. The Morgan fingerprint density at radius 2 is 1.62 bits per heavy atom. The molecule has 2 fully saturated rings. The normalized spacial score (nSPS) is 35.2. The summed E-state index contributed by atoms with van der Waals surface area (Å²) in [6.07, 6.45) is -1.02. The van der Waals surface area contributed by atoms with E-state index in [0.29, 0.717) is 5.56 Å². The van der Waals surface area contributed by atoms with E-state index in [-0.39, 0.29) is 0 Å². The van der Waals surface area contributed by atoms with Crippen LogP contribution in [0.3, 0.4) is 0 Å². The molecule has 2 aliphatic heterocycles. The number of fused-ring (bicyclic) bond motifs is 2. The summed E-state index contributed by atoms with van der Waals surface area (Å²) >= 11 is 0. The van der Waals surface area contributed by atoms with E-state index in [4.69, 9.17) is 4.74 Å². The summed E-state index contributed by atoms with van der Waals surface area (Å²) in [5.74, 6) is -0.640. The highest BCUT2D eigenvalue weighted by atomic mass is 16.5. The standard InChI is InChI=1S/C18H16N4O2/c1-15(2)16(3)22-14(23)18(15,11-21)17(9-19,10-20)13(24-16)12-7-5-4-6-8-12/h4-8,13H,1-3H3,(H,22,23). The van der Waals surface area contributed by atoms with E-state index in [1.54, 1.807) is 51.1 Å². The van der Waals surface area contributed by atoms with Gasteiger partial charge < -0.3 is 10.1 Å². The number of nitrogens with zero attached hydrogens (tertiary/aromatic N) is 3. The van der Waals surface area contributed by atoms with Crippen LogP contribution in [0.4, 0.5) is 0 Å². The second kappa shape index (κ2) is 4.57. The number of amides is 1. The van der Waals surface area contributed by atoms with Gasteiger partial charge in [-0.2, -0.15) is 15.8 Å². The van der Waals surface area contributed by atoms with Gasteiger partial charge in [0.1, 0.15) is 11.8 Å². The Hall–Kier alpha value is -2.88. The molecule has 0 saturated carbocycles. The first-order valence-electron chi connectivity index (χ1n) is 7.55. The molecule has 6 heteroatoms. The maximum Gasteiger partial charge on any atom is 0.246 e. The molecule has 2 bridgehead atoms. The number of carbonyl (C=O) groups excluding carboxylic acids is 1. The fraction of sp³-hybridized carbons (Fsp3) is 0.444. The molecule has 2 aliphatic rings. The molecule has 3 unspecified atom stereocenters. The summed E-state index contributed by atoms with van der Waals surface area (Å²) in [6, 6.07) is 14.7. The summed E-state index contributed by atoms with van der Waals surface area (Å²) < 4.78 is 6.13. The van der Waals surface area contributed by atoms with Crippen molar-refractivity contribution in [2.24, 2.45) is 16.2 Å². The Labute approximate surface area is 140 Å². The van der Waals surface area contributed by atoms with E-state index >= 15 is 0 Å². The Morgan fingerprint density at radius 3 is 2.12 bits per heavy atom. The number of nitriles is 3. The number of benzene rings is 1. The number of nitrogens with one attached hydrogen (secondary N) is 1. The summed E-state index contributed by atoms with van der Waals surface area (Å²) in [7, 11) is 0. The van der Waals surface area contributed by atoms with Gasteiger partial charge in [-0.15, -0.1) is 0 Å². The van der Waals surface area contributed by atoms with Gasteiger partial charge in [0.05, 0.1) is 18.2 Å². The number of hydrogen-bond donors (Lipinski definition) is 1. The lowest BCUT2D eigenvalue weighted by Crippen LogP contribution is -2.64. The first-order valence-corrected chi connectivity index (χ1v) is 7.55. The van der Waals surface area contributed by atoms with Gasteiger partial charge in [0.15, 0.2) is 5.41 Å². The van der Waals surface area contributed by atoms with E-state index in [2.05, 4.69) is 5.32 Å². The van der Waals surface area contributed by atoms with Crippen LogP contribution in [0.1, 0.15) is 32.4 Å². The van der Waals surface area contributed by atoms with Crippen molar-refractivity contribution in [3.8, 4) is 18.2 Å². The lowest BCUT2D eigenvalue weighted by Gasteiger charge is -2.54. The van der Waals surface area contributed by atoms with Crippen LogP contribution >= 0.6 is 0 Å². The van der Waals surface area contributed by atoms with E-state index < -0.39 is 34.0 Å². The van der Waals surface area contributed by atoms with Gasteiger partial charge in [-0.1, -0.05) is 44.2 Å². The molecule has 0 spiro atoms. The molecule has 1 aromatic rings. The Kier molecular flexibility index (Phi) is 3.05. The van der Waals surface area contributed by atoms with Gasteiger partial charge in [-0.05, 0) is 12.5 Å². The van der Waals surface area contributed by atoms with Gasteiger partial charge >= 0.3 is 0 Å². The molecule has 0 radical (unpaired) electrons. The van der Waals surface area contributed by atoms with Crippen LogP contribution in [0, 0.1) is 50.2 Å². The quantitative estimate of drug-likeness (QED) is 0.852. The average Bonchev–Trinajstić information content (AvgIpc) is 2.67. The molecular weight excluding hydrogens is 304 g/mol. The van der Waals surface area contributed by atoms with Crippen LogP contribution in [0.5, 0.6) is 0 Å². The molecule has 2 saturated heterocycles. The van der Waals surface area contributed by atoms with Crippen molar-refractivity contribution < 1.29 is 9.53 Å². The molecule has 2 heterocycles. The van der Waals surface area contributed by atoms with Gasteiger partial charge in [0.2, 0.25) is 11.3 Å². The van der Waals surface area contributed by atoms with Crippen molar-refractivity contribution >= 4 is 5.91 Å². The number of ether oxygens (including phenoxy) is 1. The third-order valence-electron chi connectivity index (χ3n) is 5.78. The third-order valence-corrected chi connectivity index (χ3v) is 5.78. The fourth-order valence-electron chi connectivity index (χ4n) is 4.01. The first-order chi connectivity index (χ1) is 11.3. The molecule has 1 N–H and O–H groups in total. The summed E-state index contributed by atoms with van der Waals surface area (Å²) in [4.78, 5) is 12.8. The fourth-order valence-corrected chi connectivity index (χ4v) is 4.01. The molecule has 1 amide bonds. The predicted molar refractivity (Wildman–Crippen MR) is 82.3 cm³/mol. The van der Waals surface area contributed by atoms with Crippen LogP contribution in [-0.4, -0.2) is 11.6 Å². The van der Waals surface area contributed by atoms with Crippen LogP contribution < -0.4 is 5.32 Å². The van der Waals surface area contributed by atoms with Crippen LogP contribution in [0.25, 0.3) is 0 Å². The molecule has 0 aromatic heterocycles.